The van der Waals surface area contributed by atoms with Gasteiger partial charge in [0.15, 0.2) is 0 Å². The van der Waals surface area contributed by atoms with Crippen LogP contribution in [0.25, 0.3) is 0 Å². The number of likely N-dealkylation sites (tertiary alicyclic amines) is 1. The predicted molar refractivity (Wildman–Crippen MR) is 159 cm³/mol. The van der Waals surface area contributed by atoms with Crippen LogP contribution in [0.3, 0.4) is 0 Å². The number of carbonyl (C=O) groups excluding carboxylic acids is 3. The highest BCUT2D eigenvalue weighted by molar-refractivity contribution is 5.93. The molecule has 7 heteroatoms. The molecule has 5 rings (SSSR count). The molecule has 1 aliphatic rings. The van der Waals surface area contributed by atoms with Crippen LogP contribution in [0.5, 0.6) is 5.75 Å². The Bertz CT molecular complexity index is 1510. The van der Waals surface area contributed by atoms with Crippen LogP contribution in [0.15, 0.2) is 115 Å². The molecule has 0 aromatic heterocycles. The minimum atomic E-state index is -0.979. The van der Waals surface area contributed by atoms with Gasteiger partial charge >= 0.3 is 5.97 Å². The number of hydrogen-bond donors (Lipinski definition) is 1. The van der Waals surface area contributed by atoms with Gasteiger partial charge in [-0.05, 0) is 22.8 Å². The van der Waals surface area contributed by atoms with Gasteiger partial charge in [-0.25, -0.2) is 0 Å². The third kappa shape index (κ3) is 5.91. The summed E-state index contributed by atoms with van der Waals surface area (Å²) in [5.41, 5.74) is 3.16. The molecular weight excluding hydrogens is 528 g/mol. The van der Waals surface area contributed by atoms with Crippen molar-refractivity contribution in [2.75, 3.05) is 14.2 Å². The topological polar surface area (TPSA) is 84.9 Å². The Balaban J connectivity index is 1.63. The summed E-state index contributed by atoms with van der Waals surface area (Å²) in [5, 5.41) is 3.05. The quantitative estimate of drug-likeness (QED) is 0.288. The van der Waals surface area contributed by atoms with E-state index in [4.69, 9.17) is 9.47 Å². The normalized spacial score (nSPS) is 19.6. The molecule has 42 heavy (non-hydrogen) atoms. The van der Waals surface area contributed by atoms with Crippen molar-refractivity contribution >= 4 is 17.8 Å². The Kier molecular flexibility index (Phi) is 8.97. The van der Waals surface area contributed by atoms with Crippen LogP contribution in [-0.4, -0.2) is 42.9 Å². The molecule has 4 unspecified atom stereocenters. The number of ether oxygens (including phenoxy) is 2. The number of nitrogens with zero attached hydrogens (tertiary/aromatic N) is 1. The molecule has 1 heterocycles. The van der Waals surface area contributed by atoms with E-state index in [1.807, 2.05) is 115 Å². The zero-order chi connectivity index (χ0) is 29.5. The second-order valence-electron chi connectivity index (χ2n) is 10.3. The molecule has 214 valence electrons. The van der Waals surface area contributed by atoms with E-state index >= 15 is 0 Å². The molecule has 4 aromatic carbocycles. The van der Waals surface area contributed by atoms with Gasteiger partial charge in [-0.3, -0.25) is 14.4 Å². The van der Waals surface area contributed by atoms with Crippen LogP contribution < -0.4 is 10.1 Å². The first kappa shape index (κ1) is 28.6. The average molecular weight is 563 g/mol. The number of nitrogens with one attached hydrogen (secondary N) is 1. The van der Waals surface area contributed by atoms with E-state index in [1.165, 1.54) is 7.11 Å². The minimum absolute atomic E-state index is 0.0792. The molecular formula is C35H34N2O5. The third-order valence-electron chi connectivity index (χ3n) is 7.87. The van der Waals surface area contributed by atoms with E-state index in [0.29, 0.717) is 5.75 Å². The van der Waals surface area contributed by atoms with Crippen molar-refractivity contribution in [3.63, 3.8) is 0 Å². The summed E-state index contributed by atoms with van der Waals surface area (Å²) in [6, 6.07) is 34.0. The van der Waals surface area contributed by atoms with Crippen LogP contribution in [0.4, 0.5) is 0 Å². The van der Waals surface area contributed by atoms with Gasteiger partial charge < -0.3 is 19.7 Å². The van der Waals surface area contributed by atoms with Crippen LogP contribution in [-0.2, 0) is 32.1 Å². The highest BCUT2D eigenvalue weighted by Crippen LogP contribution is 2.50. The van der Waals surface area contributed by atoms with E-state index < -0.39 is 29.9 Å². The predicted octanol–water partition coefficient (Wildman–Crippen LogP) is 5.08. The number of rotatable bonds is 9. The van der Waals surface area contributed by atoms with Gasteiger partial charge in [0.1, 0.15) is 11.8 Å². The van der Waals surface area contributed by atoms with Gasteiger partial charge in [-0.1, -0.05) is 109 Å². The highest BCUT2D eigenvalue weighted by atomic mass is 16.5. The summed E-state index contributed by atoms with van der Waals surface area (Å²) in [5.74, 6) is -1.91. The largest absolute Gasteiger partial charge is 0.496 e. The van der Waals surface area contributed by atoms with Gasteiger partial charge in [0.05, 0.1) is 32.6 Å². The van der Waals surface area contributed by atoms with Gasteiger partial charge in [0.2, 0.25) is 11.8 Å². The number of amides is 2. The molecule has 4 aromatic rings. The molecule has 4 atom stereocenters. The fourth-order valence-corrected chi connectivity index (χ4v) is 6.00. The molecule has 1 aliphatic heterocycles. The van der Waals surface area contributed by atoms with Crippen molar-refractivity contribution < 1.29 is 23.9 Å². The van der Waals surface area contributed by atoms with Crippen LogP contribution in [0, 0.1) is 5.92 Å². The van der Waals surface area contributed by atoms with Gasteiger partial charge in [0.25, 0.3) is 0 Å². The van der Waals surface area contributed by atoms with Crippen molar-refractivity contribution in [3.05, 3.63) is 138 Å². The lowest BCUT2D eigenvalue weighted by Gasteiger charge is -2.31. The fourth-order valence-electron chi connectivity index (χ4n) is 6.00. The summed E-state index contributed by atoms with van der Waals surface area (Å²) in [6.07, 6.45) is 0.0792. The Morgan fingerprint density at radius 3 is 1.93 bits per heavy atom. The third-order valence-corrected chi connectivity index (χ3v) is 7.87. The highest BCUT2D eigenvalue weighted by Gasteiger charge is 2.57. The maximum Gasteiger partial charge on any atom is 0.311 e. The molecule has 0 saturated carbocycles. The number of esters is 1. The van der Waals surface area contributed by atoms with Crippen molar-refractivity contribution in [3.8, 4) is 5.75 Å². The van der Waals surface area contributed by atoms with Crippen LogP contribution in [0.2, 0.25) is 0 Å². The van der Waals surface area contributed by atoms with Crippen molar-refractivity contribution in [2.45, 2.75) is 31.0 Å². The molecule has 0 aliphatic carbocycles. The number of methoxy groups -OCH3 is 2. The van der Waals surface area contributed by atoms with Gasteiger partial charge in [-0.2, -0.15) is 0 Å². The molecule has 1 N–H and O–H groups in total. The zero-order valence-electron chi connectivity index (χ0n) is 23.7. The van der Waals surface area contributed by atoms with E-state index in [1.54, 1.807) is 12.0 Å². The van der Waals surface area contributed by atoms with E-state index in [-0.39, 0.29) is 24.8 Å². The lowest BCUT2D eigenvalue weighted by molar-refractivity contribution is -0.147. The minimum Gasteiger partial charge on any atom is -0.496 e. The molecule has 2 amide bonds. The number of benzene rings is 4. The summed E-state index contributed by atoms with van der Waals surface area (Å²) >= 11 is 0. The molecule has 0 radical (unpaired) electrons. The zero-order valence-corrected chi connectivity index (χ0v) is 23.7. The van der Waals surface area contributed by atoms with Crippen LogP contribution in [0.1, 0.15) is 34.2 Å². The Morgan fingerprint density at radius 1 is 0.738 bits per heavy atom. The number of carbonyl (C=O) groups is 3. The fraction of sp³-hybridized carbons (Fsp3) is 0.229. The lowest BCUT2D eigenvalue weighted by atomic mass is 9.80. The SMILES string of the molecule is COC(=O)C1C(c2ccccc2)C(C(=O)NCc2ccccc2OC)N(C(=O)Cc2ccccc2)C1c1ccccc1. The molecule has 1 saturated heterocycles. The molecule has 0 spiro atoms. The number of hydrogen-bond acceptors (Lipinski definition) is 5. The van der Waals surface area contributed by atoms with E-state index in [0.717, 1.165) is 22.3 Å². The van der Waals surface area contributed by atoms with E-state index in [2.05, 4.69) is 5.32 Å². The average Bonchev–Trinajstić information content (AvgIpc) is 3.41. The Labute approximate surface area is 246 Å². The second kappa shape index (κ2) is 13.2. The maximum atomic E-state index is 14.3. The molecule has 0 bridgehead atoms. The van der Waals surface area contributed by atoms with Crippen molar-refractivity contribution in [1.29, 1.82) is 0 Å². The number of para-hydroxylation sites is 1. The summed E-state index contributed by atoms with van der Waals surface area (Å²) in [7, 11) is 2.93. The summed E-state index contributed by atoms with van der Waals surface area (Å²) < 4.78 is 10.8. The van der Waals surface area contributed by atoms with E-state index in [9.17, 15) is 14.4 Å². The molecule has 1 fully saturated rings. The van der Waals surface area contributed by atoms with Gasteiger partial charge in [0, 0.05) is 18.0 Å². The monoisotopic (exact) mass is 562 g/mol. The smallest absolute Gasteiger partial charge is 0.311 e. The van der Waals surface area contributed by atoms with Crippen molar-refractivity contribution in [2.24, 2.45) is 5.92 Å². The maximum absolute atomic E-state index is 14.3. The first-order valence-corrected chi connectivity index (χ1v) is 14.0. The Hall–Kier alpha value is -4.91. The first-order chi connectivity index (χ1) is 20.5. The second-order valence-corrected chi connectivity index (χ2v) is 10.3. The molecule has 7 nitrogen and oxygen atoms in total. The summed E-state index contributed by atoms with van der Waals surface area (Å²) in [6.45, 7) is 0.195. The van der Waals surface area contributed by atoms with Gasteiger partial charge in [-0.15, -0.1) is 0 Å². The lowest BCUT2D eigenvalue weighted by Crippen LogP contribution is -2.49. The summed E-state index contributed by atoms with van der Waals surface area (Å²) in [4.78, 5) is 43.8. The van der Waals surface area contributed by atoms with Crippen LogP contribution >= 0.6 is 0 Å². The van der Waals surface area contributed by atoms with Crippen molar-refractivity contribution in [1.82, 2.24) is 10.2 Å². The Morgan fingerprint density at radius 2 is 1.31 bits per heavy atom. The first-order valence-electron chi connectivity index (χ1n) is 14.0. The standard InChI is InChI=1S/C35H34N2O5/c1-41-28-21-13-12-20-27(28)23-36-34(39)33-30(25-16-8-4-9-17-25)31(35(40)42-2)32(26-18-10-5-11-19-26)37(33)29(38)22-24-14-6-3-7-15-24/h3-21,30-33H,22-23H2,1-2H3,(H,36,39).